The molecule has 5 nitrogen and oxygen atoms in total. The average molecular weight is 397 g/mol. The van der Waals surface area contributed by atoms with Gasteiger partial charge in [0.05, 0.1) is 0 Å². The summed E-state index contributed by atoms with van der Waals surface area (Å²) < 4.78 is 0.898. The van der Waals surface area contributed by atoms with E-state index in [9.17, 15) is 4.79 Å². The summed E-state index contributed by atoms with van der Waals surface area (Å²) >= 11 is 3.39. The molecule has 0 saturated heterocycles. The van der Waals surface area contributed by atoms with E-state index in [1.54, 1.807) is 13.0 Å². The van der Waals surface area contributed by atoms with Crippen LogP contribution in [-0.4, -0.2) is 15.9 Å². The molecule has 0 aliphatic carbocycles. The van der Waals surface area contributed by atoms with Crippen molar-refractivity contribution >= 4 is 33.3 Å². The van der Waals surface area contributed by atoms with E-state index in [0.29, 0.717) is 29.6 Å². The van der Waals surface area contributed by atoms with Crippen molar-refractivity contribution in [2.45, 2.75) is 13.5 Å². The number of halogens is 1. The van der Waals surface area contributed by atoms with E-state index in [1.807, 2.05) is 54.6 Å². The van der Waals surface area contributed by atoms with Gasteiger partial charge in [0, 0.05) is 22.8 Å². The van der Waals surface area contributed by atoms with Crippen LogP contribution in [0.3, 0.4) is 0 Å². The lowest BCUT2D eigenvalue weighted by atomic mass is 10.2. The van der Waals surface area contributed by atoms with Gasteiger partial charge in [0.25, 0.3) is 5.91 Å². The number of hydrogen-bond acceptors (Lipinski definition) is 4. The van der Waals surface area contributed by atoms with Gasteiger partial charge in [-0.25, -0.2) is 9.97 Å². The van der Waals surface area contributed by atoms with Gasteiger partial charge in [-0.3, -0.25) is 4.79 Å². The molecular formula is C19H17BrN4O. The summed E-state index contributed by atoms with van der Waals surface area (Å²) in [5, 5.41) is 6.07. The van der Waals surface area contributed by atoms with Crippen LogP contribution in [0, 0.1) is 6.92 Å². The highest BCUT2D eigenvalue weighted by Crippen LogP contribution is 2.17. The quantitative estimate of drug-likeness (QED) is 0.669. The molecule has 25 heavy (non-hydrogen) atoms. The van der Waals surface area contributed by atoms with Crippen molar-refractivity contribution in [2.75, 3.05) is 10.6 Å². The molecule has 0 fully saturated rings. The zero-order valence-corrected chi connectivity index (χ0v) is 15.2. The van der Waals surface area contributed by atoms with Crippen LogP contribution in [0.5, 0.6) is 0 Å². The lowest BCUT2D eigenvalue weighted by Crippen LogP contribution is -2.15. The Bertz CT molecular complexity index is 884. The third-order valence-electron chi connectivity index (χ3n) is 3.47. The molecule has 0 unspecified atom stereocenters. The number of aromatic nitrogens is 2. The zero-order valence-electron chi connectivity index (χ0n) is 13.7. The van der Waals surface area contributed by atoms with Gasteiger partial charge in [-0.1, -0.05) is 52.3 Å². The topological polar surface area (TPSA) is 66.9 Å². The molecule has 0 aliphatic heterocycles. The number of nitrogens with zero attached hydrogens (tertiary/aromatic N) is 2. The standard InChI is InChI=1S/C19H17BrN4O/c1-13-22-17(19(25)24-16-9-5-8-15(20)10-16)11-18(23-13)21-12-14-6-3-2-4-7-14/h2-11H,12H2,1H3,(H,24,25)(H,21,22,23). The van der Waals surface area contributed by atoms with Crippen LogP contribution < -0.4 is 10.6 Å². The van der Waals surface area contributed by atoms with Crippen LogP contribution >= 0.6 is 15.9 Å². The highest BCUT2D eigenvalue weighted by Gasteiger charge is 2.11. The third-order valence-corrected chi connectivity index (χ3v) is 3.96. The summed E-state index contributed by atoms with van der Waals surface area (Å²) in [6.45, 7) is 2.40. The lowest BCUT2D eigenvalue weighted by Gasteiger charge is -2.09. The molecule has 0 bridgehead atoms. The highest BCUT2D eigenvalue weighted by atomic mass is 79.9. The van der Waals surface area contributed by atoms with Gasteiger partial charge in [-0.05, 0) is 30.7 Å². The summed E-state index contributed by atoms with van der Waals surface area (Å²) in [6, 6.07) is 19.1. The normalized spacial score (nSPS) is 10.3. The second-order valence-corrected chi connectivity index (χ2v) is 6.40. The maximum Gasteiger partial charge on any atom is 0.274 e. The molecule has 2 aromatic carbocycles. The summed E-state index contributed by atoms with van der Waals surface area (Å²) in [5.74, 6) is 0.888. The first-order valence-electron chi connectivity index (χ1n) is 7.80. The summed E-state index contributed by atoms with van der Waals surface area (Å²) in [6.07, 6.45) is 0. The lowest BCUT2D eigenvalue weighted by molar-refractivity contribution is 0.102. The van der Waals surface area contributed by atoms with Crippen molar-refractivity contribution < 1.29 is 4.79 Å². The third kappa shape index (κ3) is 4.87. The minimum atomic E-state index is -0.272. The van der Waals surface area contributed by atoms with Crippen molar-refractivity contribution in [2.24, 2.45) is 0 Å². The maximum absolute atomic E-state index is 12.5. The van der Waals surface area contributed by atoms with E-state index >= 15 is 0 Å². The van der Waals surface area contributed by atoms with E-state index in [-0.39, 0.29) is 5.91 Å². The minimum absolute atomic E-state index is 0.272. The Balaban J connectivity index is 1.73. The van der Waals surface area contributed by atoms with E-state index in [0.717, 1.165) is 10.0 Å². The number of benzene rings is 2. The van der Waals surface area contributed by atoms with Gasteiger partial charge < -0.3 is 10.6 Å². The molecular weight excluding hydrogens is 380 g/mol. The molecule has 3 rings (SSSR count). The summed E-state index contributed by atoms with van der Waals surface area (Å²) in [7, 11) is 0. The second kappa shape index (κ2) is 7.90. The first kappa shape index (κ1) is 17.1. The highest BCUT2D eigenvalue weighted by molar-refractivity contribution is 9.10. The molecule has 0 saturated carbocycles. The van der Waals surface area contributed by atoms with Gasteiger partial charge >= 0.3 is 0 Å². The molecule has 126 valence electrons. The number of carbonyl (C=O) groups is 1. The Labute approximate surface area is 154 Å². The smallest absolute Gasteiger partial charge is 0.274 e. The number of anilines is 2. The Kier molecular flexibility index (Phi) is 5.40. The minimum Gasteiger partial charge on any atom is -0.366 e. The van der Waals surface area contributed by atoms with E-state index in [1.165, 1.54) is 0 Å². The average Bonchev–Trinajstić information content (AvgIpc) is 2.60. The van der Waals surface area contributed by atoms with Crippen molar-refractivity contribution in [3.05, 3.63) is 82.2 Å². The van der Waals surface area contributed by atoms with Gasteiger partial charge in [0.1, 0.15) is 17.3 Å². The SMILES string of the molecule is Cc1nc(NCc2ccccc2)cc(C(=O)Nc2cccc(Br)c2)n1. The Morgan fingerprint density at radius 1 is 1.04 bits per heavy atom. The van der Waals surface area contributed by atoms with Crippen molar-refractivity contribution in [3.8, 4) is 0 Å². The van der Waals surface area contributed by atoms with Gasteiger partial charge in [0.15, 0.2) is 0 Å². The van der Waals surface area contributed by atoms with Crippen molar-refractivity contribution in [3.63, 3.8) is 0 Å². The van der Waals surface area contributed by atoms with Crippen LogP contribution in [0.15, 0.2) is 65.1 Å². The van der Waals surface area contributed by atoms with Crippen LogP contribution in [0.2, 0.25) is 0 Å². The fraction of sp³-hybridized carbons (Fsp3) is 0.105. The Morgan fingerprint density at radius 2 is 1.84 bits per heavy atom. The molecule has 2 N–H and O–H groups in total. The molecule has 0 aliphatic rings. The van der Waals surface area contributed by atoms with Crippen LogP contribution in [0.1, 0.15) is 21.9 Å². The number of carbonyl (C=O) groups excluding carboxylic acids is 1. The number of hydrogen-bond donors (Lipinski definition) is 2. The molecule has 0 radical (unpaired) electrons. The number of amides is 1. The van der Waals surface area contributed by atoms with Crippen LogP contribution in [0.25, 0.3) is 0 Å². The number of aryl methyl sites for hydroxylation is 1. The van der Waals surface area contributed by atoms with Gasteiger partial charge in [0.2, 0.25) is 0 Å². The first-order chi connectivity index (χ1) is 12.1. The van der Waals surface area contributed by atoms with E-state index in [2.05, 4.69) is 36.5 Å². The van der Waals surface area contributed by atoms with E-state index < -0.39 is 0 Å². The molecule has 1 heterocycles. The predicted molar refractivity (Wildman–Crippen MR) is 103 cm³/mol. The van der Waals surface area contributed by atoms with E-state index in [4.69, 9.17) is 0 Å². The monoisotopic (exact) mass is 396 g/mol. The van der Waals surface area contributed by atoms with Gasteiger partial charge in [-0.15, -0.1) is 0 Å². The summed E-state index contributed by atoms with van der Waals surface area (Å²) in [5.41, 5.74) is 2.16. The largest absolute Gasteiger partial charge is 0.366 e. The Morgan fingerprint density at radius 3 is 2.60 bits per heavy atom. The molecule has 1 aromatic heterocycles. The summed E-state index contributed by atoms with van der Waals surface area (Å²) in [4.78, 5) is 21.0. The Hall–Kier alpha value is -2.73. The fourth-order valence-corrected chi connectivity index (χ4v) is 2.72. The van der Waals surface area contributed by atoms with Crippen LogP contribution in [-0.2, 0) is 6.54 Å². The molecule has 0 spiro atoms. The molecule has 3 aromatic rings. The molecule has 1 amide bonds. The second-order valence-electron chi connectivity index (χ2n) is 5.49. The van der Waals surface area contributed by atoms with Crippen molar-refractivity contribution in [1.82, 2.24) is 9.97 Å². The van der Waals surface area contributed by atoms with Crippen LogP contribution in [0.4, 0.5) is 11.5 Å². The predicted octanol–water partition coefficient (Wildman–Crippen LogP) is 4.41. The van der Waals surface area contributed by atoms with Gasteiger partial charge in [-0.2, -0.15) is 0 Å². The fourth-order valence-electron chi connectivity index (χ4n) is 2.32. The first-order valence-corrected chi connectivity index (χ1v) is 8.60. The zero-order chi connectivity index (χ0) is 17.6. The molecule has 0 atom stereocenters. The number of rotatable bonds is 5. The molecule has 6 heteroatoms. The number of nitrogens with one attached hydrogen (secondary N) is 2. The maximum atomic E-state index is 12.5. The van der Waals surface area contributed by atoms with Crippen molar-refractivity contribution in [1.29, 1.82) is 0 Å².